The quantitative estimate of drug-likeness (QED) is 0.289. The topological polar surface area (TPSA) is 66.2 Å². The van der Waals surface area contributed by atoms with E-state index in [1.807, 2.05) is 17.0 Å². The highest BCUT2D eigenvalue weighted by molar-refractivity contribution is 5.94. The third kappa shape index (κ3) is 4.92. The molecular weight excluding hydrogens is 543 g/mol. The van der Waals surface area contributed by atoms with Crippen LogP contribution in [0.3, 0.4) is 0 Å². The van der Waals surface area contributed by atoms with Crippen LogP contribution in [0.4, 0.5) is 10.2 Å². The van der Waals surface area contributed by atoms with Crippen molar-refractivity contribution in [3.05, 3.63) is 71.3 Å². The third-order valence-corrected chi connectivity index (χ3v) is 10.1. The molecule has 7 rings (SSSR count). The van der Waals surface area contributed by atoms with Gasteiger partial charge in [-0.3, -0.25) is 4.79 Å². The molecule has 0 N–H and O–H groups in total. The molecule has 43 heavy (non-hydrogen) atoms. The lowest BCUT2D eigenvalue weighted by molar-refractivity contribution is -0.128. The van der Waals surface area contributed by atoms with Crippen molar-refractivity contribution in [2.24, 2.45) is 0 Å². The average Bonchev–Trinajstić information content (AvgIpc) is 3.55. The van der Waals surface area contributed by atoms with E-state index < -0.39 is 0 Å². The van der Waals surface area contributed by atoms with E-state index in [1.165, 1.54) is 30.0 Å². The molecule has 222 valence electrons. The Hall–Kier alpha value is -4.03. The van der Waals surface area contributed by atoms with Crippen molar-refractivity contribution in [3.8, 4) is 17.1 Å². The molecule has 3 aromatic rings. The molecule has 2 aromatic carbocycles. The van der Waals surface area contributed by atoms with Gasteiger partial charge in [-0.05, 0) is 92.4 Å². The number of carbonyl (C=O) groups excluding carboxylic acids is 1. The predicted octanol–water partition coefficient (Wildman–Crippen LogP) is 5.01. The minimum atomic E-state index is -0.330. The Morgan fingerprint density at radius 1 is 1.19 bits per heavy atom. The molecule has 3 heterocycles. The first-order valence-corrected chi connectivity index (χ1v) is 15.4. The highest BCUT2D eigenvalue weighted by Gasteiger charge is 2.49. The second-order valence-electron chi connectivity index (χ2n) is 12.6. The van der Waals surface area contributed by atoms with Gasteiger partial charge < -0.3 is 24.3 Å². The predicted molar refractivity (Wildman–Crippen MR) is 165 cm³/mol. The van der Waals surface area contributed by atoms with Crippen molar-refractivity contribution in [1.29, 1.82) is 0 Å². The minimum absolute atomic E-state index is 0.162. The fourth-order valence-electron chi connectivity index (χ4n) is 7.48. The maximum atomic E-state index is 16.1. The zero-order valence-corrected chi connectivity index (χ0v) is 24.7. The van der Waals surface area contributed by atoms with Gasteiger partial charge in [-0.15, -0.1) is 0 Å². The lowest BCUT2D eigenvalue weighted by atomic mass is 9.92. The van der Waals surface area contributed by atoms with E-state index in [2.05, 4.69) is 35.5 Å². The summed E-state index contributed by atoms with van der Waals surface area (Å²) in [5, 5.41) is 0.600. The SMILES string of the molecule is [C-]#[N+]C[C@H]1CN(c2nc(OC[C@@H]3CCCN3C)nc3cc(-c4cccc5c4CCC54CC4)c(F)cc23)CCN1C(=O)C=C. The highest BCUT2D eigenvalue weighted by Crippen LogP contribution is 2.58. The molecule has 4 aliphatic rings. The number of carbonyl (C=O) groups is 1. The number of likely N-dealkylation sites (tertiary alicyclic amines) is 1. The number of aromatic nitrogens is 2. The van der Waals surface area contributed by atoms with Gasteiger partial charge in [-0.1, -0.05) is 24.8 Å². The van der Waals surface area contributed by atoms with Crippen LogP contribution in [0, 0.1) is 12.4 Å². The largest absolute Gasteiger partial charge is 0.462 e. The van der Waals surface area contributed by atoms with E-state index in [-0.39, 0.29) is 30.3 Å². The van der Waals surface area contributed by atoms with Crippen molar-refractivity contribution >= 4 is 22.6 Å². The molecule has 1 aromatic heterocycles. The average molecular weight is 581 g/mol. The molecule has 0 bridgehead atoms. The van der Waals surface area contributed by atoms with Gasteiger partial charge in [-0.25, -0.2) is 11.0 Å². The minimum Gasteiger partial charge on any atom is -0.462 e. The number of hydrogen-bond donors (Lipinski definition) is 0. The molecule has 1 spiro atoms. The van der Waals surface area contributed by atoms with Gasteiger partial charge in [0.25, 0.3) is 0 Å². The Bertz CT molecular complexity index is 1650. The Balaban J connectivity index is 1.29. The maximum absolute atomic E-state index is 16.1. The Morgan fingerprint density at radius 2 is 2.05 bits per heavy atom. The molecule has 2 atom stereocenters. The molecule has 2 saturated heterocycles. The standard InChI is InChI=1S/C34H37FN6O2/c1-4-31(42)41-16-15-40(20-23(41)19-36-2)32-27-17-29(35)26(24-8-5-9-28-25(24)10-11-34(28)12-13-34)18-30(27)37-33(38-32)43-21-22-7-6-14-39(22)3/h4-5,8-9,17-18,22-23H,1,6-7,10-16,19-21H2,3H3/t22-,23-/m0/s1. The lowest BCUT2D eigenvalue weighted by Gasteiger charge is -2.39. The summed E-state index contributed by atoms with van der Waals surface area (Å²) in [5.74, 6) is 0.0765. The number of anilines is 1. The molecule has 2 aliphatic carbocycles. The van der Waals surface area contributed by atoms with Gasteiger partial charge >= 0.3 is 6.01 Å². The summed E-state index contributed by atoms with van der Waals surface area (Å²) in [7, 11) is 2.11. The number of ether oxygens (including phenoxy) is 1. The molecule has 9 heteroatoms. The molecule has 0 unspecified atom stereocenters. The summed E-state index contributed by atoms with van der Waals surface area (Å²) in [6, 6.07) is 9.96. The number of fused-ring (bicyclic) bond motifs is 3. The maximum Gasteiger partial charge on any atom is 0.319 e. The normalized spacial score (nSPS) is 22.5. The Morgan fingerprint density at radius 3 is 2.79 bits per heavy atom. The number of hydrogen-bond acceptors (Lipinski definition) is 6. The van der Waals surface area contributed by atoms with E-state index in [0.29, 0.717) is 60.0 Å². The number of amides is 1. The number of nitrogens with zero attached hydrogens (tertiary/aromatic N) is 6. The van der Waals surface area contributed by atoms with Crippen LogP contribution in [0.1, 0.15) is 43.2 Å². The highest BCUT2D eigenvalue weighted by atomic mass is 19.1. The number of halogens is 1. The number of piperazine rings is 1. The van der Waals surface area contributed by atoms with Gasteiger partial charge in [0.2, 0.25) is 12.5 Å². The molecule has 8 nitrogen and oxygen atoms in total. The number of likely N-dealkylation sites (N-methyl/N-ethyl adjacent to an activating group) is 1. The third-order valence-electron chi connectivity index (χ3n) is 10.1. The van der Waals surface area contributed by atoms with Crippen LogP contribution in [0.25, 0.3) is 26.9 Å². The first kappa shape index (κ1) is 27.8. The molecular formula is C34H37FN6O2. The van der Waals surface area contributed by atoms with Crippen LogP contribution < -0.4 is 9.64 Å². The zero-order valence-electron chi connectivity index (χ0n) is 24.7. The Labute approximate surface area is 252 Å². The summed E-state index contributed by atoms with van der Waals surface area (Å²) in [6.07, 6.45) is 8.04. The van der Waals surface area contributed by atoms with E-state index in [9.17, 15) is 4.79 Å². The van der Waals surface area contributed by atoms with Gasteiger partial charge in [0.15, 0.2) is 0 Å². The fourth-order valence-corrected chi connectivity index (χ4v) is 7.48. The summed E-state index contributed by atoms with van der Waals surface area (Å²) in [6.45, 7) is 14.1. The lowest BCUT2D eigenvalue weighted by Crippen LogP contribution is -2.56. The van der Waals surface area contributed by atoms with Crippen LogP contribution in [-0.2, 0) is 16.6 Å². The van der Waals surface area contributed by atoms with Crippen LogP contribution in [0.5, 0.6) is 6.01 Å². The first-order chi connectivity index (χ1) is 20.9. The van der Waals surface area contributed by atoms with Gasteiger partial charge in [0.1, 0.15) is 24.3 Å². The van der Waals surface area contributed by atoms with Crippen LogP contribution in [0.15, 0.2) is 43.0 Å². The molecule has 1 amide bonds. The van der Waals surface area contributed by atoms with Gasteiger partial charge in [0.05, 0.1) is 5.52 Å². The molecule has 3 fully saturated rings. The van der Waals surface area contributed by atoms with Crippen LogP contribution in [-0.4, -0.2) is 84.1 Å². The summed E-state index contributed by atoms with van der Waals surface area (Å²) in [5.41, 5.74) is 5.08. The van der Waals surface area contributed by atoms with E-state index >= 15 is 4.39 Å². The van der Waals surface area contributed by atoms with Gasteiger partial charge in [0, 0.05) is 36.6 Å². The number of rotatable bonds is 7. The molecule has 1 saturated carbocycles. The smallest absolute Gasteiger partial charge is 0.319 e. The van der Waals surface area contributed by atoms with E-state index in [1.54, 1.807) is 11.0 Å². The van der Waals surface area contributed by atoms with Crippen LogP contribution >= 0.6 is 0 Å². The van der Waals surface area contributed by atoms with E-state index in [4.69, 9.17) is 21.3 Å². The molecule has 2 aliphatic heterocycles. The van der Waals surface area contributed by atoms with Gasteiger partial charge in [-0.2, -0.15) is 9.97 Å². The summed E-state index contributed by atoms with van der Waals surface area (Å²) >= 11 is 0. The summed E-state index contributed by atoms with van der Waals surface area (Å²) in [4.78, 5) is 31.8. The van der Waals surface area contributed by atoms with Crippen LogP contribution in [0.2, 0.25) is 0 Å². The van der Waals surface area contributed by atoms with Crippen molar-refractivity contribution in [3.63, 3.8) is 0 Å². The van der Waals surface area contributed by atoms with E-state index in [0.717, 1.165) is 37.8 Å². The monoisotopic (exact) mass is 580 g/mol. The Kier molecular flexibility index (Phi) is 7.05. The molecule has 0 radical (unpaired) electrons. The summed E-state index contributed by atoms with van der Waals surface area (Å²) < 4.78 is 22.3. The number of benzene rings is 2. The second-order valence-corrected chi connectivity index (χ2v) is 12.6. The van der Waals surface area contributed by atoms with Crippen molar-refractivity contribution in [1.82, 2.24) is 19.8 Å². The van der Waals surface area contributed by atoms with Crippen molar-refractivity contribution in [2.75, 3.05) is 51.3 Å². The van der Waals surface area contributed by atoms with Crippen molar-refractivity contribution in [2.45, 2.75) is 56.0 Å². The zero-order chi connectivity index (χ0) is 29.7. The fraction of sp³-hybridized carbons (Fsp3) is 0.471. The second kappa shape index (κ2) is 10.9. The first-order valence-electron chi connectivity index (χ1n) is 15.4. The van der Waals surface area contributed by atoms with Crippen molar-refractivity contribution < 1.29 is 13.9 Å².